The van der Waals surface area contributed by atoms with E-state index in [0.29, 0.717) is 5.41 Å². The summed E-state index contributed by atoms with van der Waals surface area (Å²) in [7, 11) is 0. The molecule has 1 heterocycles. The predicted molar refractivity (Wildman–Crippen MR) is 81.3 cm³/mol. The lowest BCUT2D eigenvalue weighted by Gasteiger charge is -2.57. The van der Waals surface area contributed by atoms with Gasteiger partial charge in [0, 0.05) is 18.8 Å². The number of aromatic nitrogens is 1. The summed E-state index contributed by atoms with van der Waals surface area (Å²) in [5.41, 5.74) is 2.95. The number of hydrogen-bond donors (Lipinski definition) is 1. The standard InChI is InChI=1S/C18H26N2/c1-13-3-2-4-17(20-13)11-19-12-18-8-14-5-15(9-18)7-16(6-14)10-18/h2-4,14-16,19H,5-12H2,1H3. The summed E-state index contributed by atoms with van der Waals surface area (Å²) < 4.78 is 0. The van der Waals surface area contributed by atoms with E-state index in [0.717, 1.165) is 30.0 Å². The summed E-state index contributed by atoms with van der Waals surface area (Å²) in [6, 6.07) is 6.33. The van der Waals surface area contributed by atoms with Gasteiger partial charge in [-0.3, -0.25) is 4.98 Å². The Morgan fingerprint density at radius 1 is 1.10 bits per heavy atom. The highest BCUT2D eigenvalue weighted by Crippen LogP contribution is 2.59. The van der Waals surface area contributed by atoms with Crippen molar-refractivity contribution in [1.82, 2.24) is 10.3 Å². The highest BCUT2D eigenvalue weighted by molar-refractivity contribution is 5.10. The molecule has 108 valence electrons. The number of nitrogens with zero attached hydrogens (tertiary/aromatic N) is 1. The van der Waals surface area contributed by atoms with Crippen LogP contribution in [0.3, 0.4) is 0 Å². The molecule has 5 rings (SSSR count). The van der Waals surface area contributed by atoms with Crippen molar-refractivity contribution >= 4 is 0 Å². The van der Waals surface area contributed by atoms with Crippen molar-refractivity contribution in [2.75, 3.05) is 6.54 Å². The van der Waals surface area contributed by atoms with Crippen LogP contribution in [0.4, 0.5) is 0 Å². The SMILES string of the molecule is Cc1cccc(CNCC23CC4CC(CC(C4)C2)C3)n1. The fraction of sp³-hybridized carbons (Fsp3) is 0.722. The molecule has 0 unspecified atom stereocenters. The smallest absolute Gasteiger partial charge is 0.0544 e. The lowest BCUT2D eigenvalue weighted by Crippen LogP contribution is -2.50. The van der Waals surface area contributed by atoms with Crippen LogP contribution in [0.1, 0.15) is 49.9 Å². The zero-order chi connectivity index (χ0) is 13.6. The van der Waals surface area contributed by atoms with Crippen LogP contribution in [0.5, 0.6) is 0 Å². The number of hydrogen-bond acceptors (Lipinski definition) is 2. The second-order valence-electron chi connectivity index (χ2n) is 7.79. The summed E-state index contributed by atoms with van der Waals surface area (Å²) in [6.45, 7) is 4.22. The first kappa shape index (κ1) is 12.8. The number of pyridine rings is 1. The molecule has 4 bridgehead atoms. The third-order valence-corrected chi connectivity index (χ3v) is 5.92. The second kappa shape index (κ2) is 4.84. The Bertz CT molecular complexity index is 459. The van der Waals surface area contributed by atoms with Gasteiger partial charge in [-0.05, 0) is 80.8 Å². The van der Waals surface area contributed by atoms with Crippen LogP contribution in [0, 0.1) is 30.1 Å². The maximum Gasteiger partial charge on any atom is 0.0544 e. The van der Waals surface area contributed by atoms with Gasteiger partial charge in [0.1, 0.15) is 0 Å². The molecule has 0 aromatic carbocycles. The number of nitrogens with one attached hydrogen (secondary N) is 1. The van der Waals surface area contributed by atoms with Crippen LogP contribution in [-0.4, -0.2) is 11.5 Å². The molecule has 1 N–H and O–H groups in total. The Balaban J connectivity index is 1.37. The first-order valence-electron chi connectivity index (χ1n) is 8.34. The molecule has 0 radical (unpaired) electrons. The molecule has 1 aromatic rings. The van der Waals surface area contributed by atoms with Crippen molar-refractivity contribution in [3.63, 3.8) is 0 Å². The maximum atomic E-state index is 4.59. The Hall–Kier alpha value is -0.890. The average molecular weight is 270 g/mol. The van der Waals surface area contributed by atoms with E-state index < -0.39 is 0 Å². The minimum atomic E-state index is 0.637. The second-order valence-corrected chi connectivity index (χ2v) is 7.79. The van der Waals surface area contributed by atoms with Crippen LogP contribution in [0.15, 0.2) is 18.2 Å². The minimum Gasteiger partial charge on any atom is -0.311 e. The molecular weight excluding hydrogens is 244 g/mol. The fourth-order valence-corrected chi connectivity index (χ4v) is 5.66. The molecule has 4 fully saturated rings. The van der Waals surface area contributed by atoms with Gasteiger partial charge in [-0.15, -0.1) is 0 Å². The highest BCUT2D eigenvalue weighted by Gasteiger charge is 2.50. The summed E-state index contributed by atoms with van der Waals surface area (Å²) >= 11 is 0. The van der Waals surface area contributed by atoms with E-state index in [9.17, 15) is 0 Å². The molecule has 2 nitrogen and oxygen atoms in total. The Morgan fingerprint density at radius 2 is 1.75 bits per heavy atom. The molecule has 4 saturated carbocycles. The normalized spacial score (nSPS) is 38.4. The molecule has 4 aliphatic rings. The average Bonchev–Trinajstić information content (AvgIpc) is 2.36. The van der Waals surface area contributed by atoms with Crippen LogP contribution in [0.25, 0.3) is 0 Å². The van der Waals surface area contributed by atoms with E-state index in [1.54, 1.807) is 0 Å². The Morgan fingerprint density at radius 3 is 2.35 bits per heavy atom. The molecule has 20 heavy (non-hydrogen) atoms. The van der Waals surface area contributed by atoms with E-state index >= 15 is 0 Å². The molecule has 0 spiro atoms. The van der Waals surface area contributed by atoms with E-state index in [-0.39, 0.29) is 0 Å². The van der Waals surface area contributed by atoms with Gasteiger partial charge in [0.15, 0.2) is 0 Å². The van der Waals surface area contributed by atoms with E-state index in [1.807, 2.05) is 0 Å². The molecule has 0 amide bonds. The summed E-state index contributed by atoms with van der Waals surface area (Å²) in [5.74, 6) is 3.17. The van der Waals surface area contributed by atoms with Crippen molar-refractivity contribution in [3.8, 4) is 0 Å². The molecule has 0 saturated heterocycles. The largest absolute Gasteiger partial charge is 0.311 e. The minimum absolute atomic E-state index is 0.637. The van der Waals surface area contributed by atoms with Crippen molar-refractivity contribution < 1.29 is 0 Å². The third kappa shape index (κ3) is 2.39. The summed E-state index contributed by atoms with van der Waals surface area (Å²) in [5, 5.41) is 3.72. The lowest BCUT2D eigenvalue weighted by molar-refractivity contribution is -0.0514. The predicted octanol–water partition coefficient (Wildman–Crippen LogP) is 3.70. The first-order valence-corrected chi connectivity index (χ1v) is 8.34. The quantitative estimate of drug-likeness (QED) is 0.902. The zero-order valence-electron chi connectivity index (χ0n) is 12.6. The maximum absolute atomic E-state index is 4.59. The molecule has 1 aromatic heterocycles. The van der Waals surface area contributed by atoms with Crippen LogP contribution in [-0.2, 0) is 6.54 Å². The number of rotatable bonds is 4. The van der Waals surface area contributed by atoms with Crippen LogP contribution < -0.4 is 5.32 Å². The van der Waals surface area contributed by atoms with E-state index in [4.69, 9.17) is 0 Å². The van der Waals surface area contributed by atoms with Gasteiger partial charge in [-0.2, -0.15) is 0 Å². The first-order chi connectivity index (χ1) is 9.71. The Labute approximate surface area is 122 Å². The van der Waals surface area contributed by atoms with Crippen molar-refractivity contribution in [1.29, 1.82) is 0 Å². The third-order valence-electron chi connectivity index (χ3n) is 5.92. The fourth-order valence-electron chi connectivity index (χ4n) is 5.66. The summed E-state index contributed by atoms with van der Waals surface area (Å²) in [4.78, 5) is 4.59. The zero-order valence-corrected chi connectivity index (χ0v) is 12.6. The van der Waals surface area contributed by atoms with Gasteiger partial charge in [0.05, 0.1) is 5.69 Å². The van der Waals surface area contributed by atoms with Crippen molar-refractivity contribution in [2.45, 2.75) is 52.0 Å². The monoisotopic (exact) mass is 270 g/mol. The van der Waals surface area contributed by atoms with E-state index in [2.05, 4.69) is 35.4 Å². The molecule has 2 heteroatoms. The molecule has 0 aliphatic heterocycles. The van der Waals surface area contributed by atoms with Gasteiger partial charge in [-0.25, -0.2) is 0 Å². The van der Waals surface area contributed by atoms with Crippen LogP contribution in [0.2, 0.25) is 0 Å². The van der Waals surface area contributed by atoms with Crippen molar-refractivity contribution in [3.05, 3.63) is 29.6 Å². The Kier molecular flexibility index (Phi) is 3.10. The van der Waals surface area contributed by atoms with Gasteiger partial charge in [0.2, 0.25) is 0 Å². The molecule has 4 aliphatic carbocycles. The number of aryl methyl sites for hydroxylation is 1. The van der Waals surface area contributed by atoms with Crippen molar-refractivity contribution in [2.24, 2.45) is 23.2 Å². The van der Waals surface area contributed by atoms with Gasteiger partial charge < -0.3 is 5.32 Å². The van der Waals surface area contributed by atoms with Gasteiger partial charge in [-0.1, -0.05) is 6.07 Å². The topological polar surface area (TPSA) is 24.9 Å². The summed E-state index contributed by atoms with van der Waals surface area (Å²) in [6.07, 6.45) is 9.10. The molecular formula is C18H26N2. The van der Waals surface area contributed by atoms with E-state index in [1.165, 1.54) is 50.8 Å². The van der Waals surface area contributed by atoms with Crippen LogP contribution >= 0.6 is 0 Å². The van der Waals surface area contributed by atoms with Gasteiger partial charge in [0.25, 0.3) is 0 Å². The highest BCUT2D eigenvalue weighted by atomic mass is 14.9. The van der Waals surface area contributed by atoms with Gasteiger partial charge >= 0.3 is 0 Å². The molecule has 0 atom stereocenters. The lowest BCUT2D eigenvalue weighted by atomic mass is 9.49.